The van der Waals surface area contributed by atoms with E-state index in [2.05, 4.69) is 25.0 Å². The molecule has 0 bridgehead atoms. The van der Waals surface area contributed by atoms with Crippen molar-refractivity contribution in [2.75, 3.05) is 11.1 Å². The highest BCUT2D eigenvalue weighted by atomic mass is 16.5. The molecule has 0 aromatic carbocycles. The van der Waals surface area contributed by atoms with Crippen molar-refractivity contribution in [3.05, 3.63) is 30.5 Å². The molecule has 0 aliphatic heterocycles. The van der Waals surface area contributed by atoms with Gasteiger partial charge >= 0.3 is 0 Å². The normalized spacial score (nSPS) is 10.0. The number of nitrogens with one attached hydrogen (secondary N) is 1. The SMILES string of the molecule is Nc1ccnc(NCc2ncon2)c1. The van der Waals surface area contributed by atoms with Crippen LogP contribution < -0.4 is 11.1 Å². The van der Waals surface area contributed by atoms with Crippen LogP contribution >= 0.6 is 0 Å². The van der Waals surface area contributed by atoms with Gasteiger partial charge in [0.15, 0.2) is 5.82 Å². The van der Waals surface area contributed by atoms with Crippen LogP contribution in [0.2, 0.25) is 0 Å². The van der Waals surface area contributed by atoms with Crippen molar-refractivity contribution >= 4 is 11.5 Å². The highest BCUT2D eigenvalue weighted by molar-refractivity contribution is 5.48. The third kappa shape index (κ3) is 1.98. The van der Waals surface area contributed by atoms with Gasteiger partial charge in [0.2, 0.25) is 6.39 Å². The first kappa shape index (κ1) is 8.49. The van der Waals surface area contributed by atoms with Gasteiger partial charge in [0.05, 0.1) is 6.54 Å². The topological polar surface area (TPSA) is 89.9 Å². The van der Waals surface area contributed by atoms with Gasteiger partial charge in [-0.25, -0.2) is 4.98 Å². The minimum absolute atomic E-state index is 0.465. The third-order valence-corrected chi connectivity index (χ3v) is 1.62. The Morgan fingerprint density at radius 3 is 3.07 bits per heavy atom. The molecule has 0 aliphatic rings. The lowest BCUT2D eigenvalue weighted by Gasteiger charge is -2.02. The molecule has 0 unspecified atom stereocenters. The molecule has 2 aromatic rings. The highest BCUT2D eigenvalue weighted by Gasteiger charge is 1.98. The number of aromatic nitrogens is 3. The standard InChI is InChI=1S/C8H9N5O/c9-6-1-2-10-7(3-6)11-4-8-12-5-14-13-8/h1-3,5H,4H2,(H3,9,10,11). The van der Waals surface area contributed by atoms with Crippen LogP contribution in [0.15, 0.2) is 29.2 Å². The molecular formula is C8H9N5O. The first-order valence-corrected chi connectivity index (χ1v) is 4.05. The molecule has 0 aliphatic carbocycles. The highest BCUT2D eigenvalue weighted by Crippen LogP contribution is 2.08. The van der Waals surface area contributed by atoms with Crippen molar-refractivity contribution < 1.29 is 4.52 Å². The average Bonchev–Trinajstić information content (AvgIpc) is 2.67. The Kier molecular flexibility index (Phi) is 2.26. The summed E-state index contributed by atoms with van der Waals surface area (Å²) in [5, 5.41) is 6.66. The Balaban J connectivity index is 1.98. The third-order valence-electron chi connectivity index (χ3n) is 1.62. The number of hydrogen-bond donors (Lipinski definition) is 2. The van der Waals surface area contributed by atoms with Crippen molar-refractivity contribution in [2.45, 2.75) is 6.54 Å². The fourth-order valence-electron chi connectivity index (χ4n) is 0.983. The molecule has 2 rings (SSSR count). The predicted molar refractivity (Wildman–Crippen MR) is 50.3 cm³/mol. The number of nitrogen functional groups attached to an aromatic ring is 1. The fraction of sp³-hybridized carbons (Fsp3) is 0.125. The summed E-state index contributed by atoms with van der Waals surface area (Å²) in [7, 11) is 0. The molecule has 3 N–H and O–H groups in total. The quantitative estimate of drug-likeness (QED) is 0.740. The summed E-state index contributed by atoms with van der Waals surface area (Å²) in [5.74, 6) is 1.27. The van der Waals surface area contributed by atoms with Crippen molar-refractivity contribution in [1.82, 2.24) is 15.1 Å². The van der Waals surface area contributed by atoms with Crippen LogP contribution in [-0.4, -0.2) is 15.1 Å². The maximum absolute atomic E-state index is 5.58. The number of anilines is 2. The van der Waals surface area contributed by atoms with E-state index < -0.39 is 0 Å². The average molecular weight is 191 g/mol. The van der Waals surface area contributed by atoms with Gasteiger partial charge < -0.3 is 15.6 Å². The maximum Gasteiger partial charge on any atom is 0.213 e. The Morgan fingerprint density at radius 2 is 2.36 bits per heavy atom. The summed E-state index contributed by atoms with van der Waals surface area (Å²) in [5.41, 5.74) is 6.24. The van der Waals surface area contributed by atoms with Crippen LogP contribution in [0.4, 0.5) is 11.5 Å². The molecule has 0 saturated heterocycles. The predicted octanol–water partition coefficient (Wildman–Crippen LogP) is 0.659. The molecular weight excluding hydrogens is 182 g/mol. The minimum Gasteiger partial charge on any atom is -0.399 e. The van der Waals surface area contributed by atoms with Crippen LogP contribution in [0, 0.1) is 0 Å². The van der Waals surface area contributed by atoms with Crippen LogP contribution in [0.3, 0.4) is 0 Å². The van der Waals surface area contributed by atoms with Crippen molar-refractivity contribution in [3.8, 4) is 0 Å². The largest absolute Gasteiger partial charge is 0.399 e. The number of nitrogens with zero attached hydrogens (tertiary/aromatic N) is 3. The Labute approximate surface area is 80.1 Å². The van der Waals surface area contributed by atoms with E-state index in [4.69, 9.17) is 5.73 Å². The molecule has 0 amide bonds. The van der Waals surface area contributed by atoms with E-state index in [9.17, 15) is 0 Å². The zero-order chi connectivity index (χ0) is 9.80. The number of pyridine rings is 1. The fourth-order valence-corrected chi connectivity index (χ4v) is 0.983. The molecule has 14 heavy (non-hydrogen) atoms. The molecule has 72 valence electrons. The van der Waals surface area contributed by atoms with E-state index in [-0.39, 0.29) is 0 Å². The monoisotopic (exact) mass is 191 g/mol. The summed E-state index contributed by atoms with van der Waals surface area (Å²) < 4.78 is 4.58. The summed E-state index contributed by atoms with van der Waals surface area (Å²) in [4.78, 5) is 7.92. The van der Waals surface area contributed by atoms with Gasteiger partial charge in [-0.1, -0.05) is 5.16 Å². The van der Waals surface area contributed by atoms with Gasteiger partial charge in [0.1, 0.15) is 5.82 Å². The first-order chi connectivity index (χ1) is 6.84. The van der Waals surface area contributed by atoms with E-state index in [1.165, 1.54) is 6.39 Å². The molecule has 0 saturated carbocycles. The zero-order valence-electron chi connectivity index (χ0n) is 7.34. The summed E-state index contributed by atoms with van der Waals surface area (Å²) in [6, 6.07) is 3.46. The molecule has 0 atom stereocenters. The lowest BCUT2D eigenvalue weighted by molar-refractivity contribution is 0.411. The van der Waals surface area contributed by atoms with E-state index in [1.54, 1.807) is 18.3 Å². The molecule has 0 fully saturated rings. The van der Waals surface area contributed by atoms with Crippen LogP contribution in [0.5, 0.6) is 0 Å². The van der Waals surface area contributed by atoms with Crippen LogP contribution in [0.25, 0.3) is 0 Å². The van der Waals surface area contributed by atoms with Gasteiger partial charge in [-0.3, -0.25) is 0 Å². The van der Waals surface area contributed by atoms with Gasteiger partial charge in [-0.15, -0.1) is 0 Å². The second-order valence-electron chi connectivity index (χ2n) is 2.68. The lowest BCUT2D eigenvalue weighted by Crippen LogP contribution is -2.03. The smallest absolute Gasteiger partial charge is 0.213 e. The van der Waals surface area contributed by atoms with Crippen LogP contribution in [0.1, 0.15) is 5.82 Å². The molecule has 2 aromatic heterocycles. The number of rotatable bonds is 3. The summed E-state index contributed by atoms with van der Waals surface area (Å²) in [6.45, 7) is 0.465. The van der Waals surface area contributed by atoms with E-state index in [0.29, 0.717) is 23.9 Å². The second kappa shape index (κ2) is 3.73. The minimum atomic E-state index is 0.465. The van der Waals surface area contributed by atoms with Crippen molar-refractivity contribution in [2.24, 2.45) is 0 Å². The number of hydrogen-bond acceptors (Lipinski definition) is 6. The van der Waals surface area contributed by atoms with Gasteiger partial charge in [0, 0.05) is 18.0 Å². The van der Waals surface area contributed by atoms with Gasteiger partial charge in [-0.2, -0.15) is 4.98 Å². The number of nitrogens with two attached hydrogens (primary N) is 1. The van der Waals surface area contributed by atoms with Gasteiger partial charge in [-0.05, 0) is 6.07 Å². The second-order valence-corrected chi connectivity index (χ2v) is 2.68. The molecule has 0 radical (unpaired) electrons. The van der Waals surface area contributed by atoms with E-state index in [1.807, 2.05) is 0 Å². The molecule has 2 heterocycles. The van der Waals surface area contributed by atoms with Crippen LogP contribution in [-0.2, 0) is 6.54 Å². The van der Waals surface area contributed by atoms with Crippen molar-refractivity contribution in [1.29, 1.82) is 0 Å². The molecule has 6 nitrogen and oxygen atoms in total. The summed E-state index contributed by atoms with van der Waals surface area (Å²) >= 11 is 0. The van der Waals surface area contributed by atoms with Gasteiger partial charge in [0.25, 0.3) is 0 Å². The summed E-state index contributed by atoms with van der Waals surface area (Å²) in [6.07, 6.45) is 2.91. The zero-order valence-corrected chi connectivity index (χ0v) is 7.34. The first-order valence-electron chi connectivity index (χ1n) is 4.05. The van der Waals surface area contributed by atoms with E-state index in [0.717, 1.165) is 0 Å². The Hall–Kier alpha value is -2.11. The van der Waals surface area contributed by atoms with Crippen molar-refractivity contribution in [3.63, 3.8) is 0 Å². The Morgan fingerprint density at radius 1 is 1.43 bits per heavy atom. The Bertz CT molecular complexity index is 400. The molecule has 0 spiro atoms. The molecule has 6 heteroatoms. The maximum atomic E-state index is 5.58. The lowest BCUT2D eigenvalue weighted by atomic mass is 10.4. The van der Waals surface area contributed by atoms with E-state index >= 15 is 0 Å².